The second-order valence-electron chi connectivity index (χ2n) is 6.98. The van der Waals surface area contributed by atoms with Gasteiger partial charge in [-0.1, -0.05) is 41.6 Å². The van der Waals surface area contributed by atoms with E-state index in [9.17, 15) is 4.79 Å². The summed E-state index contributed by atoms with van der Waals surface area (Å²) in [5.74, 6) is 0.915. The van der Waals surface area contributed by atoms with Gasteiger partial charge in [0, 0.05) is 36.0 Å². The van der Waals surface area contributed by atoms with Crippen molar-refractivity contribution < 1.29 is 9.32 Å². The number of anilines is 1. The number of hydrogen-bond acceptors (Lipinski definition) is 4. The fourth-order valence-corrected chi connectivity index (χ4v) is 3.24. The zero-order valence-corrected chi connectivity index (χ0v) is 15.9. The smallest absolute Gasteiger partial charge is 0.227 e. The van der Waals surface area contributed by atoms with Crippen LogP contribution < -0.4 is 5.32 Å². The third-order valence-corrected chi connectivity index (χ3v) is 4.66. The van der Waals surface area contributed by atoms with Crippen LogP contribution in [0.1, 0.15) is 32.2 Å². The second kappa shape index (κ2) is 7.68. The lowest BCUT2D eigenvalue weighted by molar-refractivity contribution is -0.116. The minimum atomic E-state index is -0.0794. The zero-order valence-electron chi connectivity index (χ0n) is 15.9. The standard InChI is InChI=1S/C22H22N4O2/c1-15(2)26-14-13-17-18(9-6-10-19(17)26)23-20(27)11-12-21-24-22(25-28-21)16-7-4-3-5-8-16/h3-10,13-15H,11-12H2,1-2H3,(H,23,27). The summed E-state index contributed by atoms with van der Waals surface area (Å²) in [6.45, 7) is 4.28. The average Bonchev–Trinajstić information content (AvgIpc) is 3.35. The van der Waals surface area contributed by atoms with Gasteiger partial charge in [-0.3, -0.25) is 4.79 Å². The summed E-state index contributed by atoms with van der Waals surface area (Å²) >= 11 is 0. The number of carbonyl (C=O) groups is 1. The van der Waals surface area contributed by atoms with Gasteiger partial charge in [-0.05, 0) is 32.0 Å². The first-order chi connectivity index (χ1) is 13.6. The van der Waals surface area contributed by atoms with E-state index >= 15 is 0 Å². The molecule has 1 amide bonds. The Bertz CT molecular complexity index is 1100. The molecule has 2 heterocycles. The highest BCUT2D eigenvalue weighted by molar-refractivity contribution is 6.01. The number of hydrogen-bond donors (Lipinski definition) is 1. The maximum atomic E-state index is 12.4. The van der Waals surface area contributed by atoms with Crippen molar-refractivity contribution in [3.8, 4) is 11.4 Å². The summed E-state index contributed by atoms with van der Waals surface area (Å²) in [6.07, 6.45) is 2.72. The lowest BCUT2D eigenvalue weighted by Crippen LogP contribution is -2.12. The summed E-state index contributed by atoms with van der Waals surface area (Å²) in [6, 6.07) is 18.0. The third-order valence-electron chi connectivity index (χ3n) is 4.66. The predicted molar refractivity (Wildman–Crippen MR) is 109 cm³/mol. The molecule has 4 rings (SSSR count). The molecule has 28 heavy (non-hydrogen) atoms. The van der Waals surface area contributed by atoms with Crippen LogP contribution >= 0.6 is 0 Å². The zero-order chi connectivity index (χ0) is 19.5. The molecule has 0 atom stereocenters. The highest BCUT2D eigenvalue weighted by Gasteiger charge is 2.13. The number of aromatic nitrogens is 3. The molecule has 6 nitrogen and oxygen atoms in total. The van der Waals surface area contributed by atoms with Gasteiger partial charge in [0.1, 0.15) is 0 Å². The molecule has 0 bridgehead atoms. The van der Waals surface area contributed by atoms with Crippen LogP contribution in [0.25, 0.3) is 22.3 Å². The number of nitrogens with one attached hydrogen (secondary N) is 1. The molecule has 0 saturated heterocycles. The Hall–Kier alpha value is -3.41. The highest BCUT2D eigenvalue weighted by Crippen LogP contribution is 2.27. The van der Waals surface area contributed by atoms with Gasteiger partial charge in [-0.2, -0.15) is 4.98 Å². The number of aryl methyl sites for hydroxylation is 1. The molecule has 0 radical (unpaired) electrons. The van der Waals surface area contributed by atoms with Gasteiger partial charge in [-0.15, -0.1) is 0 Å². The molecule has 0 spiro atoms. The fourth-order valence-electron chi connectivity index (χ4n) is 3.24. The van der Waals surface area contributed by atoms with Crippen LogP contribution in [0.15, 0.2) is 65.3 Å². The van der Waals surface area contributed by atoms with Crippen molar-refractivity contribution in [3.05, 3.63) is 66.7 Å². The average molecular weight is 374 g/mol. The van der Waals surface area contributed by atoms with E-state index in [2.05, 4.69) is 46.1 Å². The van der Waals surface area contributed by atoms with E-state index in [1.807, 2.05) is 48.5 Å². The lowest BCUT2D eigenvalue weighted by Gasteiger charge is -2.11. The topological polar surface area (TPSA) is 73.0 Å². The Labute approximate surface area is 163 Å². The van der Waals surface area contributed by atoms with E-state index in [4.69, 9.17) is 4.52 Å². The normalized spacial score (nSPS) is 11.2. The summed E-state index contributed by atoms with van der Waals surface area (Å²) < 4.78 is 7.46. The minimum Gasteiger partial charge on any atom is -0.345 e. The van der Waals surface area contributed by atoms with Crippen LogP contribution in [0, 0.1) is 0 Å². The molecule has 0 unspecified atom stereocenters. The van der Waals surface area contributed by atoms with Crippen LogP contribution in [0.4, 0.5) is 5.69 Å². The van der Waals surface area contributed by atoms with Crippen molar-refractivity contribution in [1.29, 1.82) is 0 Å². The van der Waals surface area contributed by atoms with E-state index in [0.717, 1.165) is 22.2 Å². The molecule has 0 saturated carbocycles. The largest absolute Gasteiger partial charge is 0.345 e. The SMILES string of the molecule is CC(C)n1ccc2c(NC(=O)CCc3nc(-c4ccccc4)no3)cccc21. The molecule has 0 aliphatic heterocycles. The summed E-state index contributed by atoms with van der Waals surface area (Å²) in [5.41, 5.74) is 2.82. The summed E-state index contributed by atoms with van der Waals surface area (Å²) in [4.78, 5) is 16.8. The van der Waals surface area contributed by atoms with Gasteiger partial charge in [0.25, 0.3) is 0 Å². The van der Waals surface area contributed by atoms with Gasteiger partial charge in [-0.25, -0.2) is 0 Å². The maximum Gasteiger partial charge on any atom is 0.227 e. The van der Waals surface area contributed by atoms with E-state index in [1.54, 1.807) is 0 Å². The molecule has 1 N–H and O–H groups in total. The van der Waals surface area contributed by atoms with Crippen LogP contribution in [0.5, 0.6) is 0 Å². The first kappa shape index (κ1) is 18.0. The van der Waals surface area contributed by atoms with Crippen LogP contribution in [0.3, 0.4) is 0 Å². The first-order valence-corrected chi connectivity index (χ1v) is 9.39. The van der Waals surface area contributed by atoms with Crippen molar-refractivity contribution >= 4 is 22.5 Å². The Morgan fingerprint density at radius 1 is 1.11 bits per heavy atom. The third kappa shape index (κ3) is 3.67. The Balaban J connectivity index is 1.42. The molecule has 2 aromatic heterocycles. The Kier molecular flexibility index (Phi) is 4.93. The molecule has 4 aromatic rings. The van der Waals surface area contributed by atoms with Gasteiger partial charge < -0.3 is 14.4 Å². The van der Waals surface area contributed by atoms with Crippen molar-refractivity contribution in [3.63, 3.8) is 0 Å². The molecule has 2 aromatic carbocycles. The van der Waals surface area contributed by atoms with E-state index < -0.39 is 0 Å². The van der Waals surface area contributed by atoms with Crippen LogP contribution in [0.2, 0.25) is 0 Å². The van der Waals surface area contributed by atoms with Crippen LogP contribution in [-0.4, -0.2) is 20.6 Å². The predicted octanol–water partition coefficient (Wildman–Crippen LogP) is 4.84. The number of nitrogens with zero attached hydrogens (tertiary/aromatic N) is 3. The lowest BCUT2D eigenvalue weighted by atomic mass is 10.2. The summed E-state index contributed by atoms with van der Waals surface area (Å²) in [5, 5.41) is 8.03. The van der Waals surface area contributed by atoms with Gasteiger partial charge >= 0.3 is 0 Å². The Morgan fingerprint density at radius 3 is 2.71 bits per heavy atom. The van der Waals surface area contributed by atoms with E-state index in [1.165, 1.54) is 0 Å². The minimum absolute atomic E-state index is 0.0794. The van der Waals surface area contributed by atoms with Crippen molar-refractivity contribution in [1.82, 2.24) is 14.7 Å². The van der Waals surface area contributed by atoms with Gasteiger partial charge in [0.15, 0.2) is 0 Å². The van der Waals surface area contributed by atoms with Gasteiger partial charge in [0.05, 0.1) is 11.2 Å². The number of amides is 1. The molecular weight excluding hydrogens is 352 g/mol. The number of rotatable bonds is 6. The molecule has 0 aliphatic carbocycles. The number of carbonyl (C=O) groups excluding carboxylic acids is 1. The van der Waals surface area contributed by atoms with Crippen LogP contribution in [-0.2, 0) is 11.2 Å². The quantitative estimate of drug-likeness (QED) is 0.524. The second-order valence-corrected chi connectivity index (χ2v) is 6.98. The first-order valence-electron chi connectivity index (χ1n) is 9.39. The monoisotopic (exact) mass is 374 g/mol. The summed E-state index contributed by atoms with van der Waals surface area (Å²) in [7, 11) is 0. The van der Waals surface area contributed by atoms with Crippen molar-refractivity contribution in [2.24, 2.45) is 0 Å². The number of fused-ring (bicyclic) bond motifs is 1. The van der Waals surface area contributed by atoms with Gasteiger partial charge in [0.2, 0.25) is 17.6 Å². The molecule has 0 fully saturated rings. The molecule has 6 heteroatoms. The highest BCUT2D eigenvalue weighted by atomic mass is 16.5. The van der Waals surface area contributed by atoms with E-state index in [-0.39, 0.29) is 12.3 Å². The van der Waals surface area contributed by atoms with E-state index in [0.29, 0.717) is 24.2 Å². The molecule has 0 aliphatic rings. The fraction of sp³-hybridized carbons (Fsp3) is 0.227. The maximum absolute atomic E-state index is 12.4. The van der Waals surface area contributed by atoms with Crippen molar-refractivity contribution in [2.75, 3.05) is 5.32 Å². The number of benzene rings is 2. The molecule has 142 valence electrons. The Morgan fingerprint density at radius 2 is 1.93 bits per heavy atom. The van der Waals surface area contributed by atoms with Crippen molar-refractivity contribution in [2.45, 2.75) is 32.7 Å². The molecular formula is C22H22N4O2.